The van der Waals surface area contributed by atoms with Gasteiger partial charge in [-0.2, -0.15) is 4.39 Å². The third-order valence-corrected chi connectivity index (χ3v) is 2.41. The minimum Gasteiger partial charge on any atom is -0.487 e. The van der Waals surface area contributed by atoms with Crippen molar-refractivity contribution in [2.75, 3.05) is 6.54 Å². The lowest BCUT2D eigenvalue weighted by atomic mass is 9.99. The van der Waals surface area contributed by atoms with Crippen LogP contribution in [0.1, 0.15) is 20.3 Å². The van der Waals surface area contributed by atoms with Gasteiger partial charge in [0.2, 0.25) is 5.82 Å². The van der Waals surface area contributed by atoms with Crippen molar-refractivity contribution in [3.63, 3.8) is 0 Å². The highest BCUT2D eigenvalue weighted by Gasteiger charge is 2.23. The molecule has 0 aliphatic carbocycles. The zero-order valence-corrected chi connectivity index (χ0v) is 9.91. The third-order valence-electron chi connectivity index (χ3n) is 2.41. The molecule has 0 aliphatic heterocycles. The van der Waals surface area contributed by atoms with Crippen LogP contribution in [-0.2, 0) is 0 Å². The molecule has 0 bridgehead atoms. The van der Waals surface area contributed by atoms with E-state index in [-0.39, 0.29) is 18.7 Å². The van der Waals surface area contributed by atoms with Gasteiger partial charge in [0, 0.05) is 13.0 Å². The normalized spacial score (nSPS) is 16.4. The molecule has 1 rings (SSSR count). The van der Waals surface area contributed by atoms with Crippen LogP contribution in [0.5, 0.6) is 5.75 Å². The number of aliphatic hydroxyl groups is 1. The van der Waals surface area contributed by atoms with Gasteiger partial charge in [-0.1, -0.05) is 6.07 Å². The molecule has 0 radical (unpaired) electrons. The van der Waals surface area contributed by atoms with Gasteiger partial charge in [0.1, 0.15) is 0 Å². The van der Waals surface area contributed by atoms with Gasteiger partial charge in [0.25, 0.3) is 0 Å². The van der Waals surface area contributed by atoms with Crippen molar-refractivity contribution in [2.45, 2.75) is 32.0 Å². The maximum atomic E-state index is 13.3. The van der Waals surface area contributed by atoms with Crippen molar-refractivity contribution in [3.05, 3.63) is 29.8 Å². The van der Waals surface area contributed by atoms with Gasteiger partial charge in [-0.25, -0.2) is 4.39 Å². The molecule has 3 N–H and O–H groups in total. The van der Waals surface area contributed by atoms with Gasteiger partial charge >= 0.3 is 0 Å². The molecule has 0 aliphatic rings. The van der Waals surface area contributed by atoms with Crippen LogP contribution in [0.4, 0.5) is 8.78 Å². The molecule has 0 saturated heterocycles. The van der Waals surface area contributed by atoms with E-state index in [2.05, 4.69) is 0 Å². The second-order valence-electron chi connectivity index (χ2n) is 4.39. The molecular formula is C12H17F2NO2. The van der Waals surface area contributed by atoms with E-state index in [1.807, 2.05) is 0 Å². The zero-order valence-electron chi connectivity index (χ0n) is 9.91. The van der Waals surface area contributed by atoms with Gasteiger partial charge in [-0.05, 0) is 26.0 Å². The first-order valence-electron chi connectivity index (χ1n) is 5.39. The molecule has 0 spiro atoms. The molecule has 0 saturated carbocycles. The summed E-state index contributed by atoms with van der Waals surface area (Å²) in [6.07, 6.45) is -0.232. The summed E-state index contributed by atoms with van der Waals surface area (Å²) in [4.78, 5) is 0. The second kappa shape index (κ2) is 5.42. The van der Waals surface area contributed by atoms with Crippen molar-refractivity contribution in [1.82, 2.24) is 0 Å². The highest BCUT2D eigenvalue weighted by Crippen LogP contribution is 2.22. The van der Waals surface area contributed by atoms with E-state index in [0.717, 1.165) is 6.07 Å². The molecule has 1 aromatic carbocycles. The van der Waals surface area contributed by atoms with Gasteiger partial charge in [-0.3, -0.25) is 0 Å². The summed E-state index contributed by atoms with van der Waals surface area (Å²) in [5.74, 6) is -2.14. The minimum absolute atomic E-state index is 0.0757. The Bertz CT molecular complexity index is 383. The largest absolute Gasteiger partial charge is 0.487 e. The Hall–Kier alpha value is -1.20. The van der Waals surface area contributed by atoms with Crippen LogP contribution in [0.3, 0.4) is 0 Å². The van der Waals surface area contributed by atoms with E-state index < -0.39 is 23.3 Å². The standard InChI is InChI=1S/C12H17F2NO2/c1-8(6-12(2,16)7-15)17-10-5-3-4-9(13)11(10)14/h3-5,8,16H,6-7,15H2,1-2H3. The highest BCUT2D eigenvalue weighted by molar-refractivity contribution is 5.25. The van der Waals surface area contributed by atoms with Crippen LogP contribution in [0, 0.1) is 11.6 Å². The minimum atomic E-state index is -1.08. The van der Waals surface area contributed by atoms with Crippen LogP contribution in [0.2, 0.25) is 0 Å². The Kier molecular flexibility index (Phi) is 4.42. The third kappa shape index (κ3) is 3.94. The number of benzene rings is 1. The van der Waals surface area contributed by atoms with Crippen LogP contribution in [-0.4, -0.2) is 23.4 Å². The van der Waals surface area contributed by atoms with Crippen LogP contribution >= 0.6 is 0 Å². The quantitative estimate of drug-likeness (QED) is 0.832. The van der Waals surface area contributed by atoms with Crippen LogP contribution in [0.15, 0.2) is 18.2 Å². The topological polar surface area (TPSA) is 55.5 Å². The van der Waals surface area contributed by atoms with E-state index in [9.17, 15) is 13.9 Å². The average molecular weight is 245 g/mol. The van der Waals surface area contributed by atoms with Gasteiger partial charge in [-0.15, -0.1) is 0 Å². The number of hydrogen-bond donors (Lipinski definition) is 2. The first kappa shape index (κ1) is 13.9. The lowest BCUT2D eigenvalue weighted by Gasteiger charge is -2.25. The molecule has 1 aromatic rings. The highest BCUT2D eigenvalue weighted by atomic mass is 19.2. The predicted molar refractivity (Wildman–Crippen MR) is 60.7 cm³/mol. The van der Waals surface area contributed by atoms with E-state index in [1.54, 1.807) is 13.8 Å². The predicted octanol–water partition coefficient (Wildman–Crippen LogP) is 1.83. The summed E-state index contributed by atoms with van der Waals surface area (Å²) in [6.45, 7) is 3.30. The summed E-state index contributed by atoms with van der Waals surface area (Å²) in [7, 11) is 0. The van der Waals surface area contributed by atoms with E-state index in [0.29, 0.717) is 0 Å². The lowest BCUT2D eigenvalue weighted by Crippen LogP contribution is -2.38. The smallest absolute Gasteiger partial charge is 0.200 e. The Balaban J connectivity index is 2.68. The van der Waals surface area contributed by atoms with E-state index in [4.69, 9.17) is 10.5 Å². The summed E-state index contributed by atoms with van der Waals surface area (Å²) in [5, 5.41) is 9.72. The van der Waals surface area contributed by atoms with Gasteiger partial charge in [0.15, 0.2) is 11.6 Å². The number of ether oxygens (including phenoxy) is 1. The fraction of sp³-hybridized carbons (Fsp3) is 0.500. The second-order valence-corrected chi connectivity index (χ2v) is 4.39. The summed E-state index contributed by atoms with van der Waals surface area (Å²) < 4.78 is 31.4. The van der Waals surface area contributed by atoms with Crippen LogP contribution < -0.4 is 10.5 Å². The molecule has 2 unspecified atom stereocenters. The molecule has 17 heavy (non-hydrogen) atoms. The van der Waals surface area contributed by atoms with Crippen molar-refractivity contribution in [2.24, 2.45) is 5.73 Å². The number of hydrogen-bond acceptors (Lipinski definition) is 3. The molecular weight excluding hydrogens is 228 g/mol. The fourth-order valence-corrected chi connectivity index (χ4v) is 1.54. The zero-order chi connectivity index (χ0) is 13.1. The van der Waals surface area contributed by atoms with Gasteiger partial charge < -0.3 is 15.6 Å². The number of nitrogens with two attached hydrogens (primary N) is 1. The van der Waals surface area contributed by atoms with E-state index >= 15 is 0 Å². The average Bonchev–Trinajstić information content (AvgIpc) is 2.24. The number of rotatable bonds is 5. The summed E-state index contributed by atoms with van der Waals surface area (Å²) >= 11 is 0. The molecule has 5 heteroatoms. The van der Waals surface area contributed by atoms with E-state index in [1.165, 1.54) is 12.1 Å². The van der Waals surface area contributed by atoms with Crippen molar-refractivity contribution < 1.29 is 18.6 Å². The van der Waals surface area contributed by atoms with Crippen molar-refractivity contribution in [1.29, 1.82) is 0 Å². The van der Waals surface area contributed by atoms with Crippen molar-refractivity contribution >= 4 is 0 Å². The Morgan fingerprint density at radius 1 is 1.47 bits per heavy atom. The fourth-order valence-electron chi connectivity index (χ4n) is 1.54. The maximum absolute atomic E-state index is 13.3. The molecule has 0 heterocycles. The van der Waals surface area contributed by atoms with Gasteiger partial charge in [0.05, 0.1) is 11.7 Å². The Morgan fingerprint density at radius 3 is 2.71 bits per heavy atom. The lowest BCUT2D eigenvalue weighted by molar-refractivity contribution is 0.0226. The SMILES string of the molecule is CC(CC(C)(O)CN)Oc1cccc(F)c1F. The Morgan fingerprint density at radius 2 is 2.12 bits per heavy atom. The summed E-state index contributed by atoms with van der Waals surface area (Å²) in [6, 6.07) is 3.72. The summed E-state index contributed by atoms with van der Waals surface area (Å²) in [5.41, 5.74) is 4.28. The number of halogens is 2. The Labute approximate surface area is 99.2 Å². The van der Waals surface area contributed by atoms with Crippen molar-refractivity contribution in [3.8, 4) is 5.75 Å². The molecule has 0 fully saturated rings. The molecule has 0 aromatic heterocycles. The molecule has 3 nitrogen and oxygen atoms in total. The first-order valence-corrected chi connectivity index (χ1v) is 5.39. The molecule has 96 valence electrons. The van der Waals surface area contributed by atoms with Crippen LogP contribution in [0.25, 0.3) is 0 Å². The molecule has 2 atom stereocenters. The first-order chi connectivity index (χ1) is 7.85. The monoisotopic (exact) mass is 245 g/mol. The molecule has 0 amide bonds. The maximum Gasteiger partial charge on any atom is 0.200 e.